The SMILES string of the molecule is CCCCC[C@H]1CC[C@H](CCCOc2ccc(OC(F)F)c(F)c2)CC1. The van der Waals surface area contributed by atoms with Crippen molar-refractivity contribution in [1.82, 2.24) is 0 Å². The van der Waals surface area contributed by atoms with Gasteiger partial charge in [-0.2, -0.15) is 8.78 Å². The molecule has 26 heavy (non-hydrogen) atoms. The van der Waals surface area contributed by atoms with Crippen molar-refractivity contribution >= 4 is 0 Å². The first-order valence-electron chi connectivity index (χ1n) is 9.95. The number of hydrogen-bond donors (Lipinski definition) is 0. The summed E-state index contributed by atoms with van der Waals surface area (Å²) in [6, 6.07) is 3.73. The van der Waals surface area contributed by atoms with Crippen molar-refractivity contribution in [2.75, 3.05) is 6.61 Å². The lowest BCUT2D eigenvalue weighted by atomic mass is 9.78. The van der Waals surface area contributed by atoms with Crippen molar-refractivity contribution in [1.29, 1.82) is 0 Å². The van der Waals surface area contributed by atoms with E-state index in [1.165, 1.54) is 63.5 Å². The summed E-state index contributed by atoms with van der Waals surface area (Å²) in [6.07, 6.45) is 12.8. The van der Waals surface area contributed by atoms with Crippen LogP contribution >= 0.6 is 0 Å². The van der Waals surface area contributed by atoms with Gasteiger partial charge < -0.3 is 9.47 Å². The van der Waals surface area contributed by atoms with Crippen LogP contribution in [0, 0.1) is 17.7 Å². The Labute approximate surface area is 155 Å². The predicted octanol–water partition coefficient (Wildman–Crippen LogP) is 6.97. The van der Waals surface area contributed by atoms with E-state index in [2.05, 4.69) is 11.7 Å². The summed E-state index contributed by atoms with van der Waals surface area (Å²) in [5.74, 6) is 0.765. The van der Waals surface area contributed by atoms with E-state index in [9.17, 15) is 13.2 Å². The van der Waals surface area contributed by atoms with Gasteiger partial charge in [-0.1, -0.05) is 58.3 Å². The van der Waals surface area contributed by atoms with Gasteiger partial charge in [-0.25, -0.2) is 4.39 Å². The Morgan fingerprint density at radius 3 is 2.23 bits per heavy atom. The lowest BCUT2D eigenvalue weighted by Gasteiger charge is -2.28. The Kier molecular flexibility index (Phi) is 9.13. The second-order valence-corrected chi connectivity index (χ2v) is 7.34. The molecule has 1 aromatic carbocycles. The maximum atomic E-state index is 13.6. The van der Waals surface area contributed by atoms with Gasteiger partial charge in [0.15, 0.2) is 11.6 Å². The Hall–Kier alpha value is -1.39. The minimum atomic E-state index is -3.03. The van der Waals surface area contributed by atoms with Crippen molar-refractivity contribution in [3.63, 3.8) is 0 Å². The predicted molar refractivity (Wildman–Crippen MR) is 97.4 cm³/mol. The third kappa shape index (κ3) is 7.46. The highest BCUT2D eigenvalue weighted by atomic mass is 19.3. The topological polar surface area (TPSA) is 18.5 Å². The fourth-order valence-corrected chi connectivity index (χ4v) is 3.82. The minimum absolute atomic E-state index is 0.351. The summed E-state index contributed by atoms with van der Waals surface area (Å²) in [7, 11) is 0. The molecule has 0 aromatic heterocycles. The first-order chi connectivity index (χ1) is 12.6. The molecule has 1 aliphatic carbocycles. The standard InChI is InChI=1S/C21H31F3O2/c1-2-3-4-6-16-8-10-17(11-9-16)7-5-14-25-18-12-13-20(19(22)15-18)26-21(23)24/h12-13,15-17,21H,2-11,14H2,1H3/t16-,17-. The highest BCUT2D eigenvalue weighted by molar-refractivity contribution is 5.33. The number of unbranched alkanes of at least 4 members (excludes halogenated alkanes) is 2. The van der Waals surface area contributed by atoms with Crippen molar-refractivity contribution in [3.8, 4) is 11.5 Å². The van der Waals surface area contributed by atoms with Gasteiger partial charge in [0.25, 0.3) is 0 Å². The smallest absolute Gasteiger partial charge is 0.387 e. The van der Waals surface area contributed by atoms with E-state index >= 15 is 0 Å². The highest BCUT2D eigenvalue weighted by Crippen LogP contribution is 2.34. The van der Waals surface area contributed by atoms with Gasteiger partial charge in [0.1, 0.15) is 5.75 Å². The average Bonchev–Trinajstić information content (AvgIpc) is 2.62. The van der Waals surface area contributed by atoms with Crippen LogP contribution < -0.4 is 9.47 Å². The minimum Gasteiger partial charge on any atom is -0.493 e. The van der Waals surface area contributed by atoms with Gasteiger partial charge in [-0.3, -0.25) is 0 Å². The molecule has 148 valence electrons. The fourth-order valence-electron chi connectivity index (χ4n) is 3.82. The molecule has 1 aliphatic rings. The summed E-state index contributed by atoms with van der Waals surface area (Å²) < 4.78 is 47.5. The fraction of sp³-hybridized carbons (Fsp3) is 0.714. The number of hydrogen-bond acceptors (Lipinski definition) is 2. The van der Waals surface area contributed by atoms with Crippen LogP contribution in [0.1, 0.15) is 71.1 Å². The number of rotatable bonds is 11. The summed E-state index contributed by atoms with van der Waals surface area (Å²) in [6.45, 7) is -0.262. The van der Waals surface area contributed by atoms with Crippen LogP contribution in [-0.2, 0) is 0 Å². The van der Waals surface area contributed by atoms with Gasteiger partial charge in [-0.15, -0.1) is 0 Å². The van der Waals surface area contributed by atoms with E-state index < -0.39 is 18.2 Å². The molecule has 0 spiro atoms. The first kappa shape index (κ1) is 20.9. The van der Waals surface area contributed by atoms with Crippen LogP contribution in [0.4, 0.5) is 13.2 Å². The van der Waals surface area contributed by atoms with Crippen LogP contribution in [-0.4, -0.2) is 13.2 Å². The van der Waals surface area contributed by atoms with Gasteiger partial charge in [0, 0.05) is 6.07 Å². The van der Waals surface area contributed by atoms with E-state index in [0.717, 1.165) is 30.7 Å². The quantitative estimate of drug-likeness (QED) is 0.390. The lowest BCUT2D eigenvalue weighted by molar-refractivity contribution is -0.0522. The lowest BCUT2D eigenvalue weighted by Crippen LogP contribution is -2.15. The van der Waals surface area contributed by atoms with Crippen molar-refractivity contribution in [2.24, 2.45) is 11.8 Å². The second kappa shape index (κ2) is 11.3. The molecule has 1 saturated carbocycles. The molecule has 0 aliphatic heterocycles. The Balaban J connectivity index is 1.60. The maximum Gasteiger partial charge on any atom is 0.387 e. The third-order valence-corrected chi connectivity index (χ3v) is 5.33. The number of ether oxygens (including phenoxy) is 2. The summed E-state index contributed by atoms with van der Waals surface area (Å²) in [4.78, 5) is 0. The third-order valence-electron chi connectivity index (χ3n) is 5.33. The zero-order valence-corrected chi connectivity index (χ0v) is 15.7. The van der Waals surface area contributed by atoms with Crippen molar-refractivity contribution < 1.29 is 22.6 Å². The molecule has 0 N–H and O–H groups in total. The second-order valence-electron chi connectivity index (χ2n) is 7.34. The van der Waals surface area contributed by atoms with E-state index in [-0.39, 0.29) is 0 Å². The summed E-state index contributed by atoms with van der Waals surface area (Å²) in [5.41, 5.74) is 0. The molecular weight excluding hydrogens is 341 g/mol. The molecule has 1 fully saturated rings. The van der Waals surface area contributed by atoms with Gasteiger partial charge >= 0.3 is 6.61 Å². The number of halogens is 3. The monoisotopic (exact) mass is 372 g/mol. The number of alkyl halides is 2. The zero-order valence-electron chi connectivity index (χ0n) is 15.7. The highest BCUT2D eigenvalue weighted by Gasteiger charge is 2.20. The molecule has 0 radical (unpaired) electrons. The molecule has 1 aromatic rings. The van der Waals surface area contributed by atoms with E-state index in [4.69, 9.17) is 4.74 Å². The molecule has 5 heteroatoms. The molecule has 0 saturated heterocycles. The first-order valence-corrected chi connectivity index (χ1v) is 9.95. The molecule has 0 heterocycles. The molecule has 0 amide bonds. The normalized spacial score (nSPS) is 20.3. The average molecular weight is 372 g/mol. The molecule has 2 rings (SSSR count). The van der Waals surface area contributed by atoms with Crippen LogP contribution in [0.3, 0.4) is 0 Å². The van der Waals surface area contributed by atoms with Crippen molar-refractivity contribution in [2.45, 2.75) is 77.7 Å². The van der Waals surface area contributed by atoms with Crippen LogP contribution in [0.15, 0.2) is 18.2 Å². The molecule has 0 atom stereocenters. The van der Waals surface area contributed by atoms with Crippen molar-refractivity contribution in [3.05, 3.63) is 24.0 Å². The Morgan fingerprint density at radius 2 is 1.65 bits per heavy atom. The number of benzene rings is 1. The van der Waals surface area contributed by atoms with Crippen LogP contribution in [0.2, 0.25) is 0 Å². The van der Waals surface area contributed by atoms with E-state index in [0.29, 0.717) is 12.4 Å². The van der Waals surface area contributed by atoms with Gasteiger partial charge in [-0.05, 0) is 36.8 Å². The molecule has 0 bridgehead atoms. The molecule has 0 unspecified atom stereocenters. The summed E-state index contributed by atoms with van der Waals surface area (Å²) >= 11 is 0. The van der Waals surface area contributed by atoms with E-state index in [1.54, 1.807) is 0 Å². The Bertz CT molecular complexity index is 514. The summed E-state index contributed by atoms with van der Waals surface area (Å²) in [5, 5.41) is 0. The van der Waals surface area contributed by atoms with Crippen LogP contribution in [0.5, 0.6) is 11.5 Å². The van der Waals surface area contributed by atoms with Gasteiger partial charge in [0.05, 0.1) is 6.61 Å². The van der Waals surface area contributed by atoms with Gasteiger partial charge in [0.2, 0.25) is 0 Å². The zero-order chi connectivity index (χ0) is 18.8. The Morgan fingerprint density at radius 1 is 1.00 bits per heavy atom. The maximum absolute atomic E-state index is 13.6. The van der Waals surface area contributed by atoms with Crippen LogP contribution in [0.25, 0.3) is 0 Å². The largest absolute Gasteiger partial charge is 0.493 e. The molecular formula is C21H31F3O2. The molecule has 2 nitrogen and oxygen atoms in total. The van der Waals surface area contributed by atoms with E-state index in [1.807, 2.05) is 0 Å².